The van der Waals surface area contributed by atoms with Gasteiger partial charge in [0.1, 0.15) is 6.42 Å². The van der Waals surface area contributed by atoms with Gasteiger partial charge < -0.3 is 0 Å². The molecular weight excluding hydrogens is 355 g/mol. The molecule has 0 spiro atoms. The van der Waals surface area contributed by atoms with Gasteiger partial charge in [0, 0.05) is 6.54 Å². The second-order valence-corrected chi connectivity index (χ2v) is 7.51. The highest BCUT2D eigenvalue weighted by Gasteiger charge is 2.68. The number of hydrogen-bond donors (Lipinski definition) is 1. The van der Waals surface area contributed by atoms with E-state index < -0.39 is 40.3 Å². The summed E-state index contributed by atoms with van der Waals surface area (Å²) in [6, 6.07) is 0. The lowest BCUT2D eigenvalue weighted by molar-refractivity contribution is -0.235. The summed E-state index contributed by atoms with van der Waals surface area (Å²) in [4.78, 5) is 0. The van der Waals surface area contributed by atoms with Crippen molar-refractivity contribution in [1.29, 1.82) is 0 Å². The molecule has 0 bridgehead atoms. The first-order chi connectivity index (χ1) is 10.3. The van der Waals surface area contributed by atoms with E-state index in [0.29, 0.717) is 0 Å². The zero-order valence-electron chi connectivity index (χ0n) is 12.1. The molecule has 0 saturated heterocycles. The van der Waals surface area contributed by atoms with Crippen molar-refractivity contribution in [3.05, 3.63) is 0 Å². The first kappa shape index (κ1) is 20.5. The van der Waals surface area contributed by atoms with Gasteiger partial charge in [0.15, 0.2) is 0 Å². The number of nitrogens with one attached hydrogen (secondary N) is 1. The molecule has 1 aliphatic rings. The Balaban J connectivity index is 2.68. The van der Waals surface area contributed by atoms with Crippen molar-refractivity contribution in [2.45, 2.75) is 62.3 Å². The number of rotatable bonds is 7. The summed E-state index contributed by atoms with van der Waals surface area (Å²) in [7, 11) is -5.92. The van der Waals surface area contributed by atoms with Crippen molar-refractivity contribution < 1.29 is 39.2 Å². The average molecular weight is 373 g/mol. The van der Waals surface area contributed by atoms with E-state index in [4.69, 9.17) is 0 Å². The topological polar surface area (TPSA) is 46.2 Å². The first-order valence-corrected chi connectivity index (χ1v) is 8.58. The van der Waals surface area contributed by atoms with E-state index >= 15 is 0 Å². The fourth-order valence-corrected chi connectivity index (χ4v) is 3.55. The Morgan fingerprint density at radius 2 is 1.43 bits per heavy atom. The Labute approximate surface area is 129 Å². The molecule has 1 saturated carbocycles. The minimum atomic E-state index is -5.92. The molecule has 1 rings (SSSR count). The lowest BCUT2D eigenvalue weighted by Crippen LogP contribution is -2.53. The maximum Gasteiger partial charge on any atom is 0.420 e. The zero-order valence-corrected chi connectivity index (χ0v) is 12.9. The highest BCUT2D eigenvalue weighted by Crippen LogP contribution is 2.45. The van der Waals surface area contributed by atoms with Crippen LogP contribution in [0.5, 0.6) is 0 Å². The van der Waals surface area contributed by atoms with Crippen molar-refractivity contribution in [2.24, 2.45) is 5.92 Å². The third kappa shape index (κ3) is 5.47. The average Bonchev–Trinajstić information content (AvgIpc) is 2.36. The number of sulfonamides is 1. The molecule has 1 fully saturated rings. The smallest absolute Gasteiger partial charge is 0.210 e. The van der Waals surface area contributed by atoms with E-state index in [2.05, 4.69) is 0 Å². The summed E-state index contributed by atoms with van der Waals surface area (Å²) >= 11 is 0. The molecule has 0 aromatic carbocycles. The summed E-state index contributed by atoms with van der Waals surface area (Å²) in [5, 5.41) is -5.85. The Morgan fingerprint density at radius 3 is 1.91 bits per heavy atom. The predicted molar refractivity (Wildman–Crippen MR) is 68.7 cm³/mol. The van der Waals surface area contributed by atoms with E-state index in [1.165, 1.54) is 4.72 Å². The molecule has 0 radical (unpaired) electrons. The highest BCUT2D eigenvalue weighted by atomic mass is 32.2. The maximum absolute atomic E-state index is 13.4. The van der Waals surface area contributed by atoms with Crippen LogP contribution in [0.2, 0.25) is 0 Å². The van der Waals surface area contributed by atoms with Crippen LogP contribution in [0.4, 0.5) is 30.7 Å². The van der Waals surface area contributed by atoms with Gasteiger partial charge in [-0.05, 0) is 12.3 Å². The minimum Gasteiger partial charge on any atom is -0.210 e. The molecule has 0 atom stereocenters. The third-order valence-electron chi connectivity index (χ3n) is 3.76. The van der Waals surface area contributed by atoms with E-state index in [0.717, 1.165) is 32.1 Å². The standard InChI is InChI=1S/C12H18F7NO2S/c13-10(14,8-11(15,16)17)12(18,19)23(21,22)20-7-6-9-4-2-1-3-5-9/h9,20H,1-8H2. The molecule has 11 heteroatoms. The van der Waals surface area contributed by atoms with Crippen LogP contribution < -0.4 is 4.72 Å². The predicted octanol–water partition coefficient (Wildman–Crippen LogP) is 4.06. The van der Waals surface area contributed by atoms with Crippen LogP contribution in [-0.2, 0) is 10.0 Å². The van der Waals surface area contributed by atoms with E-state index in [9.17, 15) is 39.2 Å². The molecule has 0 amide bonds. The molecule has 1 N–H and O–H groups in total. The lowest BCUT2D eigenvalue weighted by Gasteiger charge is -2.27. The van der Waals surface area contributed by atoms with Gasteiger partial charge in [-0.3, -0.25) is 0 Å². The monoisotopic (exact) mass is 373 g/mol. The SMILES string of the molecule is O=S(=O)(NCCC1CCCCC1)C(F)(F)C(F)(F)CC(F)(F)F. The molecule has 0 aromatic heterocycles. The van der Waals surface area contributed by atoms with E-state index in [-0.39, 0.29) is 12.3 Å². The second kappa shape index (κ2) is 7.12. The largest absolute Gasteiger partial charge is 0.420 e. The zero-order chi connectivity index (χ0) is 17.9. The summed E-state index contributed by atoms with van der Waals surface area (Å²) in [6.45, 7) is -0.509. The van der Waals surface area contributed by atoms with Crippen molar-refractivity contribution in [3.63, 3.8) is 0 Å². The Bertz CT molecular complexity index is 484. The minimum absolute atomic E-state index is 0.0933. The van der Waals surface area contributed by atoms with Crippen LogP contribution in [0.25, 0.3) is 0 Å². The molecule has 0 heterocycles. The molecular formula is C12H18F7NO2S. The van der Waals surface area contributed by atoms with Crippen LogP contribution in [0.1, 0.15) is 44.9 Å². The van der Waals surface area contributed by atoms with Crippen molar-refractivity contribution >= 4 is 10.0 Å². The summed E-state index contributed by atoms with van der Waals surface area (Å²) in [5.41, 5.74) is 0. The second-order valence-electron chi connectivity index (χ2n) is 5.70. The Morgan fingerprint density at radius 1 is 0.913 bits per heavy atom. The lowest BCUT2D eigenvalue weighted by atomic mass is 9.87. The highest BCUT2D eigenvalue weighted by molar-refractivity contribution is 7.90. The Kier molecular flexibility index (Phi) is 6.33. The molecule has 138 valence electrons. The molecule has 0 unspecified atom stereocenters. The summed E-state index contributed by atoms with van der Waals surface area (Å²) in [5.74, 6) is -5.65. The third-order valence-corrected chi connectivity index (χ3v) is 5.31. The molecule has 0 aliphatic heterocycles. The van der Waals surface area contributed by atoms with Crippen LogP contribution in [0, 0.1) is 5.92 Å². The summed E-state index contributed by atoms with van der Waals surface area (Å²) in [6.07, 6.45) is -4.25. The molecule has 0 aromatic rings. The molecule has 1 aliphatic carbocycles. The number of alkyl halides is 7. The van der Waals surface area contributed by atoms with Gasteiger partial charge in [0.2, 0.25) is 0 Å². The van der Waals surface area contributed by atoms with Crippen LogP contribution in [-0.4, -0.2) is 32.3 Å². The van der Waals surface area contributed by atoms with E-state index in [1.54, 1.807) is 0 Å². The van der Waals surface area contributed by atoms with Gasteiger partial charge in [-0.2, -0.15) is 30.7 Å². The van der Waals surface area contributed by atoms with Gasteiger partial charge in [-0.1, -0.05) is 32.1 Å². The fraction of sp³-hybridized carbons (Fsp3) is 1.00. The summed E-state index contributed by atoms with van der Waals surface area (Å²) < 4.78 is 113. The number of hydrogen-bond acceptors (Lipinski definition) is 2. The molecule has 23 heavy (non-hydrogen) atoms. The van der Waals surface area contributed by atoms with Gasteiger partial charge >= 0.3 is 17.4 Å². The quantitative estimate of drug-likeness (QED) is 0.684. The number of halogens is 7. The van der Waals surface area contributed by atoms with Crippen molar-refractivity contribution in [3.8, 4) is 0 Å². The van der Waals surface area contributed by atoms with E-state index in [1.807, 2.05) is 0 Å². The van der Waals surface area contributed by atoms with Gasteiger partial charge in [0.25, 0.3) is 10.0 Å². The Hall–Kier alpha value is -0.580. The van der Waals surface area contributed by atoms with Crippen LogP contribution in [0.3, 0.4) is 0 Å². The first-order valence-electron chi connectivity index (χ1n) is 7.10. The maximum atomic E-state index is 13.4. The van der Waals surface area contributed by atoms with Gasteiger partial charge in [-0.15, -0.1) is 0 Å². The van der Waals surface area contributed by atoms with Crippen LogP contribution in [0.15, 0.2) is 0 Å². The van der Waals surface area contributed by atoms with Gasteiger partial charge in [-0.25, -0.2) is 13.1 Å². The van der Waals surface area contributed by atoms with Crippen molar-refractivity contribution in [2.75, 3.05) is 6.54 Å². The fourth-order valence-electron chi connectivity index (χ4n) is 2.52. The normalized spacial score (nSPS) is 19.1. The van der Waals surface area contributed by atoms with Gasteiger partial charge in [0.05, 0.1) is 0 Å². The molecule has 3 nitrogen and oxygen atoms in total. The van der Waals surface area contributed by atoms with Crippen LogP contribution >= 0.6 is 0 Å². The van der Waals surface area contributed by atoms with Crippen molar-refractivity contribution in [1.82, 2.24) is 4.72 Å².